The lowest BCUT2D eigenvalue weighted by atomic mass is 10.1. The monoisotopic (exact) mass is 285 g/mol. The fourth-order valence-corrected chi connectivity index (χ4v) is 1.71. The van der Waals surface area contributed by atoms with Gasteiger partial charge >= 0.3 is 0 Å². The SMILES string of the molecule is CC(C)CCNCCOc1ccccc1Br. The second-order valence-corrected chi connectivity index (χ2v) is 5.07. The molecule has 1 rings (SSSR count). The van der Waals surface area contributed by atoms with Gasteiger partial charge in [0.1, 0.15) is 12.4 Å². The van der Waals surface area contributed by atoms with Gasteiger partial charge in [-0.1, -0.05) is 26.0 Å². The number of halogens is 1. The highest BCUT2D eigenvalue weighted by atomic mass is 79.9. The van der Waals surface area contributed by atoms with Gasteiger partial charge in [-0.15, -0.1) is 0 Å². The van der Waals surface area contributed by atoms with Crippen molar-refractivity contribution in [3.63, 3.8) is 0 Å². The molecule has 0 saturated carbocycles. The molecule has 1 aromatic carbocycles. The van der Waals surface area contributed by atoms with Crippen molar-refractivity contribution in [1.29, 1.82) is 0 Å². The van der Waals surface area contributed by atoms with Gasteiger partial charge in [0, 0.05) is 6.54 Å². The maximum atomic E-state index is 5.63. The first-order valence-corrected chi connectivity index (χ1v) is 6.57. The zero-order valence-electron chi connectivity index (χ0n) is 10.0. The molecule has 0 aliphatic heterocycles. The zero-order chi connectivity index (χ0) is 11.8. The summed E-state index contributed by atoms with van der Waals surface area (Å²) in [5, 5.41) is 3.37. The normalized spacial score (nSPS) is 10.8. The predicted molar refractivity (Wildman–Crippen MR) is 72.0 cm³/mol. The molecule has 0 aliphatic carbocycles. The van der Waals surface area contributed by atoms with Crippen LogP contribution in [0.4, 0.5) is 0 Å². The first kappa shape index (κ1) is 13.5. The summed E-state index contributed by atoms with van der Waals surface area (Å²) in [5.41, 5.74) is 0. The van der Waals surface area contributed by atoms with Gasteiger partial charge in [-0.3, -0.25) is 0 Å². The van der Waals surface area contributed by atoms with E-state index in [4.69, 9.17) is 4.74 Å². The summed E-state index contributed by atoms with van der Waals surface area (Å²) in [5.74, 6) is 1.67. The molecule has 0 unspecified atom stereocenters. The molecule has 1 N–H and O–H groups in total. The molecular weight excluding hydrogens is 266 g/mol. The molecule has 0 saturated heterocycles. The topological polar surface area (TPSA) is 21.3 Å². The minimum atomic E-state index is 0.709. The van der Waals surface area contributed by atoms with E-state index in [0.717, 1.165) is 29.2 Å². The minimum Gasteiger partial charge on any atom is -0.491 e. The summed E-state index contributed by atoms with van der Waals surface area (Å²) in [6.45, 7) is 7.14. The number of nitrogens with one attached hydrogen (secondary N) is 1. The third-order valence-electron chi connectivity index (χ3n) is 2.27. The smallest absolute Gasteiger partial charge is 0.133 e. The molecule has 0 bridgehead atoms. The molecule has 0 aromatic heterocycles. The van der Waals surface area contributed by atoms with Crippen LogP contribution in [0.5, 0.6) is 5.75 Å². The highest BCUT2D eigenvalue weighted by Crippen LogP contribution is 2.23. The molecule has 16 heavy (non-hydrogen) atoms. The summed E-state index contributed by atoms with van der Waals surface area (Å²) >= 11 is 3.45. The molecule has 0 atom stereocenters. The van der Waals surface area contributed by atoms with E-state index >= 15 is 0 Å². The fraction of sp³-hybridized carbons (Fsp3) is 0.538. The van der Waals surface area contributed by atoms with Gasteiger partial charge in [0.2, 0.25) is 0 Å². The van der Waals surface area contributed by atoms with Crippen molar-refractivity contribution >= 4 is 15.9 Å². The van der Waals surface area contributed by atoms with E-state index in [9.17, 15) is 0 Å². The molecule has 3 heteroatoms. The third kappa shape index (κ3) is 5.52. The standard InChI is InChI=1S/C13H20BrNO/c1-11(2)7-8-15-9-10-16-13-6-4-3-5-12(13)14/h3-6,11,15H,7-10H2,1-2H3. The van der Waals surface area contributed by atoms with Crippen LogP contribution in [0, 0.1) is 5.92 Å². The molecule has 1 aromatic rings. The number of para-hydroxylation sites is 1. The van der Waals surface area contributed by atoms with Crippen molar-refractivity contribution in [1.82, 2.24) is 5.32 Å². The molecule has 0 aliphatic rings. The predicted octanol–water partition coefficient (Wildman–Crippen LogP) is 3.46. The Hall–Kier alpha value is -0.540. The second-order valence-electron chi connectivity index (χ2n) is 4.21. The summed E-state index contributed by atoms with van der Waals surface area (Å²) < 4.78 is 6.65. The van der Waals surface area contributed by atoms with E-state index in [2.05, 4.69) is 35.1 Å². The van der Waals surface area contributed by atoms with Crippen LogP contribution in [0.3, 0.4) is 0 Å². The number of hydrogen-bond donors (Lipinski definition) is 1. The van der Waals surface area contributed by atoms with Crippen LogP contribution < -0.4 is 10.1 Å². The van der Waals surface area contributed by atoms with E-state index in [-0.39, 0.29) is 0 Å². The average Bonchev–Trinajstić information content (AvgIpc) is 2.25. The van der Waals surface area contributed by atoms with E-state index in [1.54, 1.807) is 0 Å². The minimum absolute atomic E-state index is 0.709. The second kappa shape index (κ2) is 7.69. The Bertz CT molecular complexity index is 302. The summed E-state index contributed by atoms with van der Waals surface area (Å²) in [6, 6.07) is 7.92. The summed E-state index contributed by atoms with van der Waals surface area (Å²) in [7, 11) is 0. The maximum absolute atomic E-state index is 5.63. The van der Waals surface area contributed by atoms with Crippen LogP contribution in [0.15, 0.2) is 28.7 Å². The molecule has 0 amide bonds. The quantitative estimate of drug-likeness (QED) is 0.775. The molecule has 0 spiro atoms. The largest absolute Gasteiger partial charge is 0.491 e. The highest BCUT2D eigenvalue weighted by molar-refractivity contribution is 9.10. The van der Waals surface area contributed by atoms with Gasteiger partial charge in [-0.2, -0.15) is 0 Å². The Kier molecular flexibility index (Phi) is 6.50. The zero-order valence-corrected chi connectivity index (χ0v) is 11.6. The van der Waals surface area contributed by atoms with Gasteiger partial charge < -0.3 is 10.1 Å². The third-order valence-corrected chi connectivity index (χ3v) is 2.93. The number of hydrogen-bond acceptors (Lipinski definition) is 2. The first-order valence-electron chi connectivity index (χ1n) is 5.78. The van der Waals surface area contributed by atoms with Crippen LogP contribution >= 0.6 is 15.9 Å². The number of ether oxygens (including phenoxy) is 1. The highest BCUT2D eigenvalue weighted by Gasteiger charge is 1.98. The molecule has 0 radical (unpaired) electrons. The average molecular weight is 286 g/mol. The molecule has 2 nitrogen and oxygen atoms in total. The lowest BCUT2D eigenvalue weighted by molar-refractivity contribution is 0.310. The maximum Gasteiger partial charge on any atom is 0.133 e. The van der Waals surface area contributed by atoms with Crippen molar-refractivity contribution in [3.8, 4) is 5.75 Å². The number of benzene rings is 1. The van der Waals surface area contributed by atoms with Gasteiger partial charge in [0.25, 0.3) is 0 Å². The lowest BCUT2D eigenvalue weighted by Crippen LogP contribution is -2.23. The van der Waals surface area contributed by atoms with Gasteiger partial charge in [-0.05, 0) is 46.9 Å². The van der Waals surface area contributed by atoms with Crippen LogP contribution in [0.2, 0.25) is 0 Å². The van der Waals surface area contributed by atoms with E-state index in [1.165, 1.54) is 6.42 Å². The Balaban J connectivity index is 2.10. The Morgan fingerprint density at radius 3 is 2.69 bits per heavy atom. The van der Waals surface area contributed by atoms with Crippen molar-refractivity contribution in [2.45, 2.75) is 20.3 Å². The van der Waals surface area contributed by atoms with Gasteiger partial charge in [0.15, 0.2) is 0 Å². The Labute approximate surface area is 107 Å². The van der Waals surface area contributed by atoms with Crippen LogP contribution in [-0.2, 0) is 0 Å². The van der Waals surface area contributed by atoms with E-state index in [0.29, 0.717) is 6.61 Å². The van der Waals surface area contributed by atoms with E-state index in [1.807, 2.05) is 24.3 Å². The summed E-state index contributed by atoms with van der Waals surface area (Å²) in [6.07, 6.45) is 1.22. The van der Waals surface area contributed by atoms with Gasteiger partial charge in [-0.25, -0.2) is 0 Å². The first-order chi connectivity index (χ1) is 7.70. The number of rotatable bonds is 7. The van der Waals surface area contributed by atoms with Crippen LogP contribution in [0.1, 0.15) is 20.3 Å². The molecule has 0 heterocycles. The van der Waals surface area contributed by atoms with Crippen molar-refractivity contribution in [2.24, 2.45) is 5.92 Å². The fourth-order valence-electron chi connectivity index (χ4n) is 1.31. The van der Waals surface area contributed by atoms with Crippen molar-refractivity contribution in [2.75, 3.05) is 19.7 Å². The van der Waals surface area contributed by atoms with Crippen molar-refractivity contribution in [3.05, 3.63) is 28.7 Å². The summed E-state index contributed by atoms with van der Waals surface area (Å²) in [4.78, 5) is 0. The van der Waals surface area contributed by atoms with Gasteiger partial charge in [0.05, 0.1) is 4.47 Å². The lowest BCUT2D eigenvalue weighted by Gasteiger charge is -2.09. The molecular formula is C13H20BrNO. The van der Waals surface area contributed by atoms with E-state index < -0.39 is 0 Å². The Morgan fingerprint density at radius 1 is 1.25 bits per heavy atom. The van der Waals surface area contributed by atoms with Crippen LogP contribution in [0.25, 0.3) is 0 Å². The molecule has 0 fully saturated rings. The van der Waals surface area contributed by atoms with Crippen LogP contribution in [-0.4, -0.2) is 19.7 Å². The van der Waals surface area contributed by atoms with Crippen molar-refractivity contribution < 1.29 is 4.74 Å². The molecule has 90 valence electrons. The Morgan fingerprint density at radius 2 is 2.00 bits per heavy atom.